The fraction of sp³-hybridized carbons (Fsp3) is 0.533. The predicted octanol–water partition coefficient (Wildman–Crippen LogP) is 3.15. The Morgan fingerprint density at radius 1 is 1.28 bits per heavy atom. The molecule has 0 heterocycles. The number of carbonyl (C=O) groups is 1. The summed E-state index contributed by atoms with van der Waals surface area (Å²) < 4.78 is 0. The van der Waals surface area contributed by atoms with Gasteiger partial charge >= 0.3 is 0 Å². The Bertz CT molecular complexity index is 448. The normalized spacial score (nSPS) is 18.3. The summed E-state index contributed by atoms with van der Waals surface area (Å²) in [5.74, 6) is 0.193. The van der Waals surface area contributed by atoms with Gasteiger partial charge < -0.3 is 10.4 Å². The summed E-state index contributed by atoms with van der Waals surface area (Å²) in [5.41, 5.74) is 1.29. The average Bonchev–Trinajstić information content (AvgIpc) is 2.33. The van der Waals surface area contributed by atoms with Crippen LogP contribution in [0.2, 0.25) is 0 Å². The van der Waals surface area contributed by atoms with Gasteiger partial charge in [-0.15, -0.1) is 0 Å². The molecule has 1 fully saturated rings. The van der Waals surface area contributed by atoms with Crippen molar-refractivity contribution in [1.82, 2.24) is 5.32 Å². The second-order valence-corrected chi connectivity index (χ2v) is 5.58. The van der Waals surface area contributed by atoms with Gasteiger partial charge in [0.2, 0.25) is 0 Å². The lowest BCUT2D eigenvalue weighted by atomic mass is 9.83. The molecule has 0 radical (unpaired) electrons. The van der Waals surface area contributed by atoms with Crippen LogP contribution in [0.3, 0.4) is 0 Å². The number of hydrogen-bond acceptors (Lipinski definition) is 2. The number of rotatable bonds is 2. The van der Waals surface area contributed by atoms with E-state index in [9.17, 15) is 9.90 Å². The smallest absolute Gasteiger partial charge is 0.251 e. The van der Waals surface area contributed by atoms with Crippen molar-refractivity contribution in [2.75, 3.05) is 0 Å². The van der Waals surface area contributed by atoms with E-state index in [-0.39, 0.29) is 17.2 Å². The first-order valence-electron chi connectivity index (χ1n) is 6.62. The van der Waals surface area contributed by atoms with E-state index in [1.807, 2.05) is 0 Å². The van der Waals surface area contributed by atoms with Crippen molar-refractivity contribution < 1.29 is 9.90 Å². The molecule has 3 nitrogen and oxygen atoms in total. The molecule has 0 aromatic heterocycles. The maximum Gasteiger partial charge on any atom is 0.251 e. The molecule has 1 saturated carbocycles. The molecule has 2 N–H and O–H groups in total. The molecule has 98 valence electrons. The first-order chi connectivity index (χ1) is 8.50. The van der Waals surface area contributed by atoms with Gasteiger partial charge in [-0.25, -0.2) is 0 Å². The van der Waals surface area contributed by atoms with Gasteiger partial charge in [0.25, 0.3) is 5.91 Å². The van der Waals surface area contributed by atoms with Crippen LogP contribution >= 0.6 is 0 Å². The van der Waals surface area contributed by atoms with E-state index in [0.29, 0.717) is 5.56 Å². The minimum atomic E-state index is -0.0683. The molecule has 1 aliphatic carbocycles. The lowest BCUT2D eigenvalue weighted by Crippen LogP contribution is -2.47. The van der Waals surface area contributed by atoms with E-state index in [0.717, 1.165) is 18.4 Å². The van der Waals surface area contributed by atoms with Gasteiger partial charge in [0.15, 0.2) is 0 Å². The molecule has 1 amide bonds. The molecule has 0 aliphatic heterocycles. The van der Waals surface area contributed by atoms with Crippen molar-refractivity contribution in [3.8, 4) is 5.75 Å². The number of nitrogens with one attached hydrogen (secondary N) is 1. The zero-order chi connectivity index (χ0) is 13.2. The van der Waals surface area contributed by atoms with Gasteiger partial charge in [-0.1, -0.05) is 19.3 Å². The van der Waals surface area contributed by atoms with Crippen LogP contribution < -0.4 is 5.32 Å². The predicted molar refractivity (Wildman–Crippen MR) is 71.8 cm³/mol. The number of amides is 1. The molecule has 1 aromatic rings. The Kier molecular flexibility index (Phi) is 3.60. The van der Waals surface area contributed by atoms with Crippen LogP contribution in [-0.4, -0.2) is 16.6 Å². The summed E-state index contributed by atoms with van der Waals surface area (Å²) in [6.07, 6.45) is 5.74. The first-order valence-corrected chi connectivity index (χ1v) is 6.62. The summed E-state index contributed by atoms with van der Waals surface area (Å²) in [4.78, 5) is 12.2. The van der Waals surface area contributed by atoms with E-state index < -0.39 is 0 Å². The molecular formula is C15H21NO2. The van der Waals surface area contributed by atoms with Crippen molar-refractivity contribution in [2.45, 2.75) is 51.5 Å². The number of aromatic hydroxyl groups is 1. The fourth-order valence-corrected chi connectivity index (χ4v) is 2.60. The van der Waals surface area contributed by atoms with Crippen LogP contribution in [0.4, 0.5) is 0 Å². The standard InChI is InChI=1S/C15H21NO2/c1-11-10-12(6-7-13(11)17)14(18)16-15(2)8-4-3-5-9-15/h6-7,10,17H,3-5,8-9H2,1-2H3,(H,16,18). The van der Waals surface area contributed by atoms with Crippen molar-refractivity contribution in [1.29, 1.82) is 0 Å². The topological polar surface area (TPSA) is 49.3 Å². The second-order valence-electron chi connectivity index (χ2n) is 5.58. The monoisotopic (exact) mass is 247 g/mol. The Labute approximate surface area is 108 Å². The van der Waals surface area contributed by atoms with Gasteiger partial charge in [0.1, 0.15) is 5.75 Å². The highest BCUT2D eigenvalue weighted by Crippen LogP contribution is 2.28. The number of hydrogen-bond donors (Lipinski definition) is 2. The molecule has 3 heteroatoms. The highest BCUT2D eigenvalue weighted by Gasteiger charge is 2.28. The zero-order valence-electron chi connectivity index (χ0n) is 11.1. The molecule has 0 spiro atoms. The summed E-state index contributed by atoms with van der Waals surface area (Å²) in [7, 11) is 0. The van der Waals surface area contributed by atoms with Crippen LogP contribution in [0.15, 0.2) is 18.2 Å². The number of phenols is 1. The molecule has 0 atom stereocenters. The summed E-state index contributed by atoms with van der Waals surface area (Å²) in [6.45, 7) is 3.92. The van der Waals surface area contributed by atoms with Crippen molar-refractivity contribution in [2.24, 2.45) is 0 Å². The SMILES string of the molecule is Cc1cc(C(=O)NC2(C)CCCCC2)ccc1O. The quantitative estimate of drug-likeness (QED) is 0.843. The molecule has 2 rings (SSSR count). The third-order valence-corrected chi connectivity index (χ3v) is 3.83. The average molecular weight is 247 g/mol. The molecule has 1 aromatic carbocycles. The number of carbonyl (C=O) groups excluding carboxylic acids is 1. The minimum Gasteiger partial charge on any atom is -0.508 e. The van der Waals surface area contributed by atoms with Crippen molar-refractivity contribution in [3.63, 3.8) is 0 Å². The third-order valence-electron chi connectivity index (χ3n) is 3.83. The molecule has 0 unspecified atom stereocenters. The highest BCUT2D eigenvalue weighted by molar-refractivity contribution is 5.95. The van der Waals surface area contributed by atoms with E-state index in [1.165, 1.54) is 19.3 Å². The lowest BCUT2D eigenvalue weighted by molar-refractivity contribution is 0.0882. The molecular weight excluding hydrogens is 226 g/mol. The Hall–Kier alpha value is -1.51. The summed E-state index contributed by atoms with van der Waals surface area (Å²) in [6, 6.07) is 4.98. The number of phenolic OH excluding ortho intramolecular Hbond substituents is 1. The molecule has 0 bridgehead atoms. The van der Waals surface area contributed by atoms with E-state index in [1.54, 1.807) is 25.1 Å². The van der Waals surface area contributed by atoms with Crippen molar-refractivity contribution in [3.05, 3.63) is 29.3 Å². The van der Waals surface area contributed by atoms with Gasteiger partial charge in [-0.05, 0) is 50.5 Å². The van der Waals surface area contributed by atoms with Crippen LogP contribution in [0, 0.1) is 6.92 Å². The van der Waals surface area contributed by atoms with Gasteiger partial charge in [0, 0.05) is 11.1 Å². The van der Waals surface area contributed by atoms with Crippen LogP contribution in [0.25, 0.3) is 0 Å². The van der Waals surface area contributed by atoms with E-state index >= 15 is 0 Å². The second kappa shape index (κ2) is 5.01. The largest absolute Gasteiger partial charge is 0.508 e. The molecule has 0 saturated heterocycles. The fourth-order valence-electron chi connectivity index (χ4n) is 2.60. The van der Waals surface area contributed by atoms with Crippen LogP contribution in [0.5, 0.6) is 5.75 Å². The van der Waals surface area contributed by atoms with E-state index in [4.69, 9.17) is 0 Å². The first kappa shape index (κ1) is 12.9. The van der Waals surface area contributed by atoms with Crippen molar-refractivity contribution >= 4 is 5.91 Å². The maximum atomic E-state index is 12.2. The number of aryl methyl sites for hydroxylation is 1. The maximum absolute atomic E-state index is 12.2. The molecule has 1 aliphatic rings. The highest BCUT2D eigenvalue weighted by atomic mass is 16.3. The van der Waals surface area contributed by atoms with E-state index in [2.05, 4.69) is 12.2 Å². The van der Waals surface area contributed by atoms with Crippen LogP contribution in [0.1, 0.15) is 54.9 Å². The Balaban J connectivity index is 2.09. The Morgan fingerprint density at radius 3 is 2.56 bits per heavy atom. The van der Waals surface area contributed by atoms with Gasteiger partial charge in [-0.2, -0.15) is 0 Å². The summed E-state index contributed by atoms with van der Waals surface area (Å²) in [5, 5.41) is 12.6. The Morgan fingerprint density at radius 2 is 1.94 bits per heavy atom. The minimum absolute atomic E-state index is 0.0394. The zero-order valence-corrected chi connectivity index (χ0v) is 11.1. The van der Waals surface area contributed by atoms with Gasteiger partial charge in [-0.3, -0.25) is 4.79 Å². The molecule has 18 heavy (non-hydrogen) atoms. The third kappa shape index (κ3) is 2.84. The lowest BCUT2D eigenvalue weighted by Gasteiger charge is -2.34. The summed E-state index contributed by atoms with van der Waals surface area (Å²) >= 11 is 0. The van der Waals surface area contributed by atoms with Gasteiger partial charge in [0.05, 0.1) is 0 Å². The van der Waals surface area contributed by atoms with Crippen LogP contribution in [-0.2, 0) is 0 Å². The number of benzene rings is 1.